The van der Waals surface area contributed by atoms with Gasteiger partial charge >= 0.3 is 0 Å². The first-order valence-electron chi connectivity index (χ1n) is 6.64. The summed E-state index contributed by atoms with van der Waals surface area (Å²) in [5.74, 6) is -0.229. The van der Waals surface area contributed by atoms with Gasteiger partial charge in [-0.3, -0.25) is 4.79 Å². The van der Waals surface area contributed by atoms with Crippen LogP contribution >= 0.6 is 15.9 Å². The fourth-order valence-electron chi connectivity index (χ4n) is 1.60. The van der Waals surface area contributed by atoms with Crippen LogP contribution in [0.4, 0.5) is 0 Å². The van der Waals surface area contributed by atoms with Gasteiger partial charge < -0.3 is 11.1 Å². The molecule has 0 unspecified atom stereocenters. The van der Waals surface area contributed by atoms with Crippen molar-refractivity contribution in [2.45, 2.75) is 37.1 Å². The van der Waals surface area contributed by atoms with E-state index >= 15 is 0 Å². The van der Waals surface area contributed by atoms with Gasteiger partial charge in [-0.1, -0.05) is 15.9 Å². The zero-order chi connectivity index (χ0) is 16.1. The molecule has 0 heterocycles. The van der Waals surface area contributed by atoms with Crippen molar-refractivity contribution in [3.05, 3.63) is 28.7 Å². The number of amides is 1. The molecule has 1 rings (SSSR count). The van der Waals surface area contributed by atoms with Crippen LogP contribution in [0.15, 0.2) is 33.6 Å². The van der Waals surface area contributed by atoms with E-state index in [0.29, 0.717) is 6.54 Å². The molecule has 0 spiro atoms. The maximum absolute atomic E-state index is 12.1. The SMILES string of the molecule is CC(C)(N)CNC(=O)CCCS(=O)(=O)c1ccc(Br)cc1. The Hall–Kier alpha value is -0.920. The van der Waals surface area contributed by atoms with Gasteiger partial charge in [-0.25, -0.2) is 8.42 Å². The van der Waals surface area contributed by atoms with Gasteiger partial charge in [-0.05, 0) is 44.5 Å². The maximum atomic E-state index is 12.1. The normalized spacial score (nSPS) is 12.2. The van der Waals surface area contributed by atoms with Crippen LogP contribution in [0.25, 0.3) is 0 Å². The Kier molecular flexibility index (Phi) is 6.37. The average molecular weight is 377 g/mol. The van der Waals surface area contributed by atoms with Gasteiger partial charge in [0.05, 0.1) is 10.6 Å². The van der Waals surface area contributed by atoms with Crippen molar-refractivity contribution in [2.24, 2.45) is 5.73 Å². The van der Waals surface area contributed by atoms with Crippen molar-refractivity contribution in [2.75, 3.05) is 12.3 Å². The van der Waals surface area contributed by atoms with Crippen LogP contribution in [0.3, 0.4) is 0 Å². The summed E-state index contributed by atoms with van der Waals surface area (Å²) in [6, 6.07) is 6.47. The lowest BCUT2D eigenvalue weighted by Gasteiger charge is -2.18. The lowest BCUT2D eigenvalue weighted by Crippen LogP contribution is -2.45. The van der Waals surface area contributed by atoms with Crippen molar-refractivity contribution in [3.63, 3.8) is 0 Å². The van der Waals surface area contributed by atoms with Gasteiger partial charge in [0.1, 0.15) is 0 Å². The Morgan fingerprint density at radius 1 is 1.29 bits per heavy atom. The molecule has 3 N–H and O–H groups in total. The summed E-state index contributed by atoms with van der Waals surface area (Å²) in [6.45, 7) is 3.99. The summed E-state index contributed by atoms with van der Waals surface area (Å²) in [5, 5.41) is 2.69. The van der Waals surface area contributed by atoms with E-state index in [1.54, 1.807) is 24.3 Å². The summed E-state index contributed by atoms with van der Waals surface area (Å²) in [6.07, 6.45) is 0.459. The second-order valence-electron chi connectivity index (χ2n) is 5.64. The molecule has 5 nitrogen and oxygen atoms in total. The lowest BCUT2D eigenvalue weighted by atomic mass is 10.1. The minimum atomic E-state index is -3.34. The first-order valence-corrected chi connectivity index (χ1v) is 9.09. The van der Waals surface area contributed by atoms with Gasteiger partial charge in [0.15, 0.2) is 9.84 Å². The van der Waals surface area contributed by atoms with Crippen LogP contribution in [-0.2, 0) is 14.6 Å². The third-order valence-electron chi connectivity index (χ3n) is 2.73. The van der Waals surface area contributed by atoms with E-state index in [4.69, 9.17) is 5.73 Å². The van der Waals surface area contributed by atoms with E-state index < -0.39 is 15.4 Å². The molecule has 0 bridgehead atoms. The zero-order valence-corrected chi connectivity index (χ0v) is 14.6. The number of nitrogens with one attached hydrogen (secondary N) is 1. The number of carbonyl (C=O) groups is 1. The number of sulfone groups is 1. The van der Waals surface area contributed by atoms with Crippen molar-refractivity contribution < 1.29 is 13.2 Å². The van der Waals surface area contributed by atoms with E-state index in [9.17, 15) is 13.2 Å². The number of rotatable bonds is 7. The van der Waals surface area contributed by atoms with E-state index in [0.717, 1.165) is 4.47 Å². The Morgan fingerprint density at radius 2 is 1.86 bits per heavy atom. The Morgan fingerprint density at radius 3 is 2.38 bits per heavy atom. The minimum Gasteiger partial charge on any atom is -0.354 e. The number of carbonyl (C=O) groups excluding carboxylic acids is 1. The van der Waals surface area contributed by atoms with Crippen molar-refractivity contribution >= 4 is 31.7 Å². The Labute approximate surface area is 134 Å². The summed E-state index contributed by atoms with van der Waals surface area (Å²) in [7, 11) is -3.34. The Bertz CT molecular complexity index is 577. The van der Waals surface area contributed by atoms with Crippen LogP contribution in [0.2, 0.25) is 0 Å². The van der Waals surface area contributed by atoms with E-state index in [-0.39, 0.29) is 29.4 Å². The molecule has 0 aliphatic rings. The minimum absolute atomic E-state index is 0.0475. The fraction of sp³-hybridized carbons (Fsp3) is 0.500. The highest BCUT2D eigenvalue weighted by molar-refractivity contribution is 9.10. The molecule has 0 aliphatic heterocycles. The van der Waals surface area contributed by atoms with Crippen molar-refractivity contribution in [1.82, 2.24) is 5.32 Å². The highest BCUT2D eigenvalue weighted by Gasteiger charge is 2.16. The topological polar surface area (TPSA) is 89.3 Å². The predicted molar refractivity (Wildman–Crippen MR) is 86.7 cm³/mol. The molecule has 0 fully saturated rings. The Balaban J connectivity index is 2.44. The number of benzene rings is 1. The molecule has 0 saturated carbocycles. The molecule has 0 atom stereocenters. The smallest absolute Gasteiger partial charge is 0.220 e. The molecule has 118 valence electrons. The van der Waals surface area contributed by atoms with Gasteiger partial charge in [0, 0.05) is 23.0 Å². The summed E-state index contributed by atoms with van der Waals surface area (Å²) < 4.78 is 25.0. The molecule has 1 aromatic rings. The number of halogens is 1. The van der Waals surface area contributed by atoms with Crippen molar-refractivity contribution in [1.29, 1.82) is 0 Å². The maximum Gasteiger partial charge on any atom is 0.220 e. The van der Waals surface area contributed by atoms with Gasteiger partial charge in [0.25, 0.3) is 0 Å². The van der Waals surface area contributed by atoms with E-state index in [1.807, 2.05) is 13.8 Å². The first kappa shape index (κ1) is 18.1. The molecule has 7 heteroatoms. The fourth-order valence-corrected chi connectivity index (χ4v) is 3.17. The van der Waals surface area contributed by atoms with Crippen LogP contribution in [0.1, 0.15) is 26.7 Å². The third kappa shape index (κ3) is 7.06. The third-order valence-corrected chi connectivity index (χ3v) is 5.08. The largest absolute Gasteiger partial charge is 0.354 e. The van der Waals surface area contributed by atoms with Crippen LogP contribution in [0.5, 0.6) is 0 Å². The predicted octanol–water partition coefficient (Wildman–Crippen LogP) is 1.86. The van der Waals surface area contributed by atoms with Gasteiger partial charge in [0.2, 0.25) is 5.91 Å². The molecule has 0 saturated heterocycles. The molecular weight excluding hydrogens is 356 g/mol. The monoisotopic (exact) mass is 376 g/mol. The molecular formula is C14H21BrN2O3S. The van der Waals surface area contributed by atoms with Crippen LogP contribution in [-0.4, -0.2) is 32.2 Å². The summed E-state index contributed by atoms with van der Waals surface area (Å²) in [4.78, 5) is 11.9. The molecule has 1 amide bonds. The van der Waals surface area contributed by atoms with Crippen LogP contribution < -0.4 is 11.1 Å². The van der Waals surface area contributed by atoms with E-state index in [1.165, 1.54) is 0 Å². The molecule has 1 aromatic carbocycles. The zero-order valence-electron chi connectivity index (χ0n) is 12.2. The van der Waals surface area contributed by atoms with Crippen molar-refractivity contribution in [3.8, 4) is 0 Å². The van der Waals surface area contributed by atoms with E-state index in [2.05, 4.69) is 21.2 Å². The summed E-state index contributed by atoms with van der Waals surface area (Å²) >= 11 is 3.26. The molecule has 0 aliphatic carbocycles. The second-order valence-corrected chi connectivity index (χ2v) is 8.67. The standard InChI is InChI=1S/C14H21BrN2O3S/c1-14(2,16)10-17-13(18)4-3-9-21(19,20)12-7-5-11(15)6-8-12/h5-8H,3-4,9-10,16H2,1-2H3,(H,17,18). The summed E-state index contributed by atoms with van der Waals surface area (Å²) in [5.41, 5.74) is 5.28. The lowest BCUT2D eigenvalue weighted by molar-refractivity contribution is -0.121. The number of hydrogen-bond donors (Lipinski definition) is 2. The van der Waals surface area contributed by atoms with Gasteiger partial charge in [-0.15, -0.1) is 0 Å². The van der Waals surface area contributed by atoms with Gasteiger partial charge in [-0.2, -0.15) is 0 Å². The first-order chi connectivity index (χ1) is 9.60. The quantitative estimate of drug-likeness (QED) is 0.759. The average Bonchev–Trinajstić information content (AvgIpc) is 2.36. The highest BCUT2D eigenvalue weighted by atomic mass is 79.9. The molecule has 21 heavy (non-hydrogen) atoms. The highest BCUT2D eigenvalue weighted by Crippen LogP contribution is 2.16. The van der Waals surface area contributed by atoms with Crippen LogP contribution in [0, 0.1) is 0 Å². The molecule has 0 aromatic heterocycles. The number of hydrogen-bond acceptors (Lipinski definition) is 4. The molecule has 0 radical (unpaired) electrons. The second kappa shape index (κ2) is 7.38. The number of nitrogens with two attached hydrogens (primary N) is 1.